The van der Waals surface area contributed by atoms with Gasteiger partial charge in [0.15, 0.2) is 0 Å². The van der Waals surface area contributed by atoms with E-state index in [0.29, 0.717) is 10.0 Å². The van der Waals surface area contributed by atoms with Crippen LogP contribution < -0.4 is 0 Å². The van der Waals surface area contributed by atoms with Crippen LogP contribution in [-0.4, -0.2) is 17.4 Å². The van der Waals surface area contributed by atoms with E-state index in [9.17, 15) is 0 Å². The molecule has 1 heterocycles. The quantitative estimate of drug-likeness (QED) is 0.526. The van der Waals surface area contributed by atoms with Gasteiger partial charge in [-0.25, -0.2) is 0 Å². The van der Waals surface area contributed by atoms with Crippen molar-refractivity contribution >= 4 is 46.5 Å². The molecule has 0 aliphatic carbocycles. The van der Waals surface area contributed by atoms with Crippen molar-refractivity contribution in [1.82, 2.24) is 4.98 Å². The minimum atomic E-state index is 0.550. The van der Waals surface area contributed by atoms with E-state index in [0.717, 1.165) is 22.0 Å². The van der Waals surface area contributed by atoms with Crippen LogP contribution in [0.1, 0.15) is 11.1 Å². The van der Waals surface area contributed by atoms with Crippen LogP contribution in [0.2, 0.25) is 10.0 Å². The van der Waals surface area contributed by atoms with E-state index in [1.807, 2.05) is 30.5 Å². The summed E-state index contributed by atoms with van der Waals surface area (Å²) >= 11 is 11.9. The number of H-pyrrole nitrogens is 1. The molecule has 0 radical (unpaired) electrons. The second-order valence-electron chi connectivity index (χ2n) is 4.44. The third kappa shape index (κ3) is 3.15. The van der Waals surface area contributed by atoms with Crippen molar-refractivity contribution < 1.29 is 0 Å². The molecular formula is C16H11Cl2N3. The molecule has 0 aliphatic heterocycles. The number of benzene rings is 2. The Balaban J connectivity index is 1.79. The van der Waals surface area contributed by atoms with Gasteiger partial charge in [0, 0.05) is 33.2 Å². The molecule has 3 rings (SSSR count). The fourth-order valence-corrected chi connectivity index (χ4v) is 2.46. The van der Waals surface area contributed by atoms with Crippen molar-refractivity contribution in [2.45, 2.75) is 0 Å². The average molecular weight is 316 g/mol. The Bertz CT molecular complexity index is 834. The molecule has 0 saturated heterocycles. The van der Waals surface area contributed by atoms with Crippen LogP contribution in [0, 0.1) is 0 Å². The van der Waals surface area contributed by atoms with Gasteiger partial charge in [0.2, 0.25) is 0 Å². The number of nitrogens with one attached hydrogen (secondary N) is 1. The molecule has 0 saturated carbocycles. The summed E-state index contributed by atoms with van der Waals surface area (Å²) in [6.07, 6.45) is 5.21. The predicted octanol–water partition coefficient (Wildman–Crippen LogP) is 4.93. The zero-order chi connectivity index (χ0) is 14.7. The van der Waals surface area contributed by atoms with Crippen LogP contribution in [0.15, 0.2) is 58.9 Å². The van der Waals surface area contributed by atoms with Gasteiger partial charge in [-0.15, -0.1) is 0 Å². The van der Waals surface area contributed by atoms with Gasteiger partial charge in [0.05, 0.1) is 17.5 Å². The van der Waals surface area contributed by atoms with E-state index in [1.54, 1.807) is 30.6 Å². The van der Waals surface area contributed by atoms with Crippen molar-refractivity contribution in [1.29, 1.82) is 0 Å². The zero-order valence-corrected chi connectivity index (χ0v) is 12.4. The molecule has 5 heteroatoms. The summed E-state index contributed by atoms with van der Waals surface area (Å²) in [5, 5.41) is 10.3. The molecule has 0 bridgehead atoms. The number of halogens is 2. The number of aromatic nitrogens is 1. The number of fused-ring (bicyclic) bond motifs is 1. The molecule has 1 N–H and O–H groups in total. The molecule has 0 spiro atoms. The molecule has 0 unspecified atom stereocenters. The fraction of sp³-hybridized carbons (Fsp3) is 0. The van der Waals surface area contributed by atoms with Crippen LogP contribution in [0.5, 0.6) is 0 Å². The lowest BCUT2D eigenvalue weighted by atomic mass is 10.2. The van der Waals surface area contributed by atoms with Gasteiger partial charge in [0.1, 0.15) is 0 Å². The number of hydrogen-bond acceptors (Lipinski definition) is 2. The van der Waals surface area contributed by atoms with Crippen LogP contribution in [0.3, 0.4) is 0 Å². The van der Waals surface area contributed by atoms with Crippen LogP contribution in [-0.2, 0) is 0 Å². The summed E-state index contributed by atoms with van der Waals surface area (Å²) in [7, 11) is 0. The fourth-order valence-electron chi connectivity index (χ4n) is 2.00. The second-order valence-corrected chi connectivity index (χ2v) is 5.29. The van der Waals surface area contributed by atoms with Gasteiger partial charge >= 0.3 is 0 Å². The Hall–Kier alpha value is -2.10. The van der Waals surface area contributed by atoms with Gasteiger partial charge in [-0.05, 0) is 18.2 Å². The van der Waals surface area contributed by atoms with E-state index >= 15 is 0 Å². The van der Waals surface area contributed by atoms with E-state index in [2.05, 4.69) is 15.2 Å². The smallest absolute Gasteiger partial charge is 0.0589 e. The topological polar surface area (TPSA) is 40.5 Å². The highest BCUT2D eigenvalue weighted by molar-refractivity contribution is 6.36. The van der Waals surface area contributed by atoms with Crippen LogP contribution in [0.4, 0.5) is 0 Å². The third-order valence-electron chi connectivity index (χ3n) is 3.04. The lowest BCUT2D eigenvalue weighted by Crippen LogP contribution is -1.82. The van der Waals surface area contributed by atoms with Crippen molar-refractivity contribution in [3.63, 3.8) is 0 Å². The second kappa shape index (κ2) is 6.12. The zero-order valence-electron chi connectivity index (χ0n) is 10.9. The number of nitrogens with zero attached hydrogens (tertiary/aromatic N) is 2. The van der Waals surface area contributed by atoms with Crippen molar-refractivity contribution in [3.8, 4) is 0 Å². The van der Waals surface area contributed by atoms with E-state index in [-0.39, 0.29) is 0 Å². The first-order valence-corrected chi connectivity index (χ1v) is 7.07. The normalized spacial score (nSPS) is 11.9. The molecule has 21 heavy (non-hydrogen) atoms. The summed E-state index contributed by atoms with van der Waals surface area (Å²) in [4.78, 5) is 3.18. The maximum Gasteiger partial charge on any atom is 0.0589 e. The van der Waals surface area contributed by atoms with Gasteiger partial charge in [-0.1, -0.05) is 47.5 Å². The molecule has 0 atom stereocenters. The minimum Gasteiger partial charge on any atom is -0.361 e. The number of hydrogen-bond donors (Lipinski definition) is 1. The largest absolute Gasteiger partial charge is 0.361 e. The summed E-state index contributed by atoms with van der Waals surface area (Å²) in [6.45, 7) is 0. The summed E-state index contributed by atoms with van der Waals surface area (Å²) in [5.41, 5.74) is 2.84. The predicted molar refractivity (Wildman–Crippen MR) is 89.9 cm³/mol. The number of para-hydroxylation sites is 1. The SMILES string of the molecule is Clc1ccc(C=NN=Cc2c[nH]c3ccccc23)c(Cl)c1. The molecule has 0 aliphatic rings. The summed E-state index contributed by atoms with van der Waals surface area (Å²) < 4.78 is 0. The van der Waals surface area contributed by atoms with Crippen LogP contribution >= 0.6 is 23.2 Å². The standard InChI is InChI=1S/C16H11Cl2N3/c17-13-6-5-11(15(18)7-13)9-20-21-10-12-8-19-16-4-2-1-3-14(12)16/h1-10,19H. The van der Waals surface area contributed by atoms with Crippen molar-refractivity contribution in [2.75, 3.05) is 0 Å². The van der Waals surface area contributed by atoms with Gasteiger partial charge < -0.3 is 4.98 Å². The Kier molecular flexibility index (Phi) is 4.04. The molecule has 104 valence electrons. The van der Waals surface area contributed by atoms with Crippen LogP contribution in [0.25, 0.3) is 10.9 Å². The maximum atomic E-state index is 6.05. The highest BCUT2D eigenvalue weighted by Crippen LogP contribution is 2.19. The molecule has 3 aromatic rings. The molecule has 0 fully saturated rings. The number of aromatic amines is 1. The maximum absolute atomic E-state index is 6.05. The van der Waals surface area contributed by atoms with E-state index in [1.165, 1.54) is 0 Å². The Labute approximate surface area is 131 Å². The first-order chi connectivity index (χ1) is 10.2. The average Bonchev–Trinajstić information content (AvgIpc) is 2.89. The van der Waals surface area contributed by atoms with E-state index in [4.69, 9.17) is 23.2 Å². The highest BCUT2D eigenvalue weighted by atomic mass is 35.5. The lowest BCUT2D eigenvalue weighted by molar-refractivity contribution is 1.26. The highest BCUT2D eigenvalue weighted by Gasteiger charge is 1.99. The van der Waals surface area contributed by atoms with Crippen molar-refractivity contribution in [3.05, 3.63) is 69.8 Å². The summed E-state index contributed by atoms with van der Waals surface area (Å²) in [6, 6.07) is 13.3. The summed E-state index contributed by atoms with van der Waals surface area (Å²) in [5.74, 6) is 0. The first kappa shape index (κ1) is 13.9. The number of rotatable bonds is 3. The molecular weight excluding hydrogens is 305 g/mol. The Morgan fingerprint density at radius 3 is 2.48 bits per heavy atom. The molecule has 3 nitrogen and oxygen atoms in total. The monoisotopic (exact) mass is 315 g/mol. The lowest BCUT2D eigenvalue weighted by Gasteiger charge is -1.96. The Morgan fingerprint density at radius 2 is 1.67 bits per heavy atom. The van der Waals surface area contributed by atoms with Gasteiger partial charge in [0.25, 0.3) is 0 Å². The minimum absolute atomic E-state index is 0.550. The van der Waals surface area contributed by atoms with Gasteiger partial charge in [-0.3, -0.25) is 0 Å². The van der Waals surface area contributed by atoms with Crippen molar-refractivity contribution in [2.24, 2.45) is 10.2 Å². The molecule has 1 aromatic heterocycles. The van der Waals surface area contributed by atoms with Gasteiger partial charge in [-0.2, -0.15) is 10.2 Å². The Morgan fingerprint density at radius 1 is 0.905 bits per heavy atom. The molecule has 2 aromatic carbocycles. The molecule has 0 amide bonds. The van der Waals surface area contributed by atoms with E-state index < -0.39 is 0 Å². The third-order valence-corrected chi connectivity index (χ3v) is 3.61. The first-order valence-electron chi connectivity index (χ1n) is 6.31.